The summed E-state index contributed by atoms with van der Waals surface area (Å²) in [7, 11) is 0. The van der Waals surface area contributed by atoms with Crippen LogP contribution in [0, 0.1) is 0 Å². The maximum atomic E-state index is 5.07. The summed E-state index contributed by atoms with van der Waals surface area (Å²) in [4.78, 5) is 0. The molecule has 0 atom stereocenters. The largest absolute Gasteiger partial charge is 0.272 e. The van der Waals surface area contributed by atoms with Crippen LogP contribution in [0.4, 0.5) is 5.69 Å². The van der Waals surface area contributed by atoms with E-state index in [4.69, 9.17) is 12.2 Å². The minimum atomic E-state index is 0.486. The van der Waals surface area contributed by atoms with Crippen molar-refractivity contribution >= 4 is 47.7 Å². The molecule has 20 heavy (non-hydrogen) atoms. The molecule has 4 heteroatoms. The second-order valence-corrected chi connectivity index (χ2v) is 6.61. The molecule has 0 heterocycles. The number of nitrogens with zero attached hydrogens (tertiary/aromatic N) is 1. The summed E-state index contributed by atoms with van der Waals surface area (Å²) in [5.41, 5.74) is 2.36. The second-order valence-electron chi connectivity index (χ2n) is 5.09. The molecule has 0 aliphatic heterocycles. The van der Waals surface area contributed by atoms with Crippen LogP contribution in [0.5, 0.6) is 0 Å². The predicted octanol–water partition coefficient (Wildman–Crippen LogP) is 5.85. The van der Waals surface area contributed by atoms with Gasteiger partial charge in [-0.3, -0.25) is 4.31 Å². The van der Waals surface area contributed by atoms with E-state index in [1.54, 1.807) is 4.31 Å². The van der Waals surface area contributed by atoms with Gasteiger partial charge in [0.15, 0.2) is 0 Å². The first kappa shape index (κ1) is 17.9. The van der Waals surface area contributed by atoms with Crippen LogP contribution in [0.2, 0.25) is 0 Å². The Morgan fingerprint density at radius 1 is 1.05 bits per heavy atom. The molecule has 0 radical (unpaired) electrons. The summed E-state index contributed by atoms with van der Waals surface area (Å²) in [6.07, 6.45) is 10.4. The fraction of sp³-hybridized carbons (Fsp3) is 0.562. The highest BCUT2D eigenvalue weighted by atomic mass is 32.1. The Kier molecular flexibility index (Phi) is 9.40. The van der Waals surface area contributed by atoms with E-state index in [1.807, 2.05) is 12.1 Å². The van der Waals surface area contributed by atoms with Crippen LogP contribution in [0.1, 0.15) is 57.4 Å². The van der Waals surface area contributed by atoms with Crippen molar-refractivity contribution in [1.82, 2.24) is 0 Å². The Labute approximate surface area is 140 Å². The van der Waals surface area contributed by atoms with Crippen LogP contribution >= 0.6 is 37.7 Å². The quantitative estimate of drug-likeness (QED) is 0.333. The predicted molar refractivity (Wildman–Crippen MR) is 101 cm³/mol. The Balaban J connectivity index is 2.38. The average Bonchev–Trinajstić information content (AvgIpc) is 2.46. The first-order chi connectivity index (χ1) is 9.66. The van der Waals surface area contributed by atoms with E-state index in [2.05, 4.69) is 44.5 Å². The highest BCUT2D eigenvalue weighted by Crippen LogP contribution is 2.25. The summed E-state index contributed by atoms with van der Waals surface area (Å²) in [5, 5.41) is 0. The number of aryl methyl sites for hydroxylation is 1. The molecule has 0 aliphatic carbocycles. The van der Waals surface area contributed by atoms with Gasteiger partial charge in [0.05, 0.1) is 5.69 Å². The highest BCUT2D eigenvalue weighted by molar-refractivity contribution is 8.13. The second kappa shape index (κ2) is 10.5. The Bertz CT molecular complexity index is 406. The van der Waals surface area contributed by atoms with Gasteiger partial charge >= 0.3 is 0 Å². The maximum Gasteiger partial charge on any atom is 0.147 e. The minimum absolute atomic E-state index is 0.486. The molecule has 0 saturated heterocycles. The zero-order valence-electron chi connectivity index (χ0n) is 12.2. The number of rotatable bonds is 9. The van der Waals surface area contributed by atoms with Crippen LogP contribution in [-0.4, -0.2) is 4.32 Å². The number of para-hydroxylation sites is 1. The lowest BCUT2D eigenvalue weighted by atomic mass is 10.0. The number of benzene rings is 1. The molecule has 0 aliphatic rings. The van der Waals surface area contributed by atoms with E-state index in [0.717, 1.165) is 12.1 Å². The third-order valence-electron chi connectivity index (χ3n) is 3.45. The van der Waals surface area contributed by atoms with Gasteiger partial charge in [-0.1, -0.05) is 88.7 Å². The Hall–Kier alpha value is -0.190. The van der Waals surface area contributed by atoms with Gasteiger partial charge in [0, 0.05) is 0 Å². The molecule has 1 nitrogen and oxygen atoms in total. The molecule has 0 amide bonds. The molecular formula is C16H25NS3. The monoisotopic (exact) mass is 327 g/mol. The zero-order valence-corrected chi connectivity index (χ0v) is 14.8. The molecule has 0 bridgehead atoms. The first-order valence-corrected chi connectivity index (χ1v) is 8.72. The van der Waals surface area contributed by atoms with E-state index in [-0.39, 0.29) is 0 Å². The van der Waals surface area contributed by atoms with Gasteiger partial charge in [-0.05, 0) is 24.5 Å². The van der Waals surface area contributed by atoms with Gasteiger partial charge in [-0.2, -0.15) is 0 Å². The number of thiol groups is 2. The van der Waals surface area contributed by atoms with Crippen molar-refractivity contribution in [3.63, 3.8) is 0 Å². The third kappa shape index (κ3) is 6.51. The highest BCUT2D eigenvalue weighted by Gasteiger charge is 2.09. The van der Waals surface area contributed by atoms with E-state index < -0.39 is 0 Å². The number of hydrogen-bond acceptors (Lipinski definition) is 2. The number of thiocarbonyl (C=S) groups is 1. The van der Waals surface area contributed by atoms with Crippen molar-refractivity contribution < 1.29 is 0 Å². The van der Waals surface area contributed by atoms with Gasteiger partial charge in [0.25, 0.3) is 0 Å². The average molecular weight is 328 g/mol. The van der Waals surface area contributed by atoms with E-state index >= 15 is 0 Å². The van der Waals surface area contributed by atoms with Crippen molar-refractivity contribution in [2.45, 2.75) is 58.3 Å². The minimum Gasteiger partial charge on any atom is -0.272 e. The summed E-state index contributed by atoms with van der Waals surface area (Å²) < 4.78 is 2.16. The SMILES string of the molecule is CCCCCCCCCc1ccccc1N(S)C(=S)S. The molecule has 112 valence electrons. The van der Waals surface area contributed by atoms with Crippen molar-refractivity contribution in [3.8, 4) is 0 Å². The topological polar surface area (TPSA) is 3.24 Å². The van der Waals surface area contributed by atoms with Gasteiger partial charge in [-0.15, -0.1) is 12.6 Å². The number of hydrogen-bond donors (Lipinski definition) is 2. The summed E-state index contributed by atoms with van der Waals surface area (Å²) in [5.74, 6) is 0. The maximum absolute atomic E-state index is 5.07. The molecule has 0 saturated carbocycles. The number of anilines is 1. The lowest BCUT2D eigenvalue weighted by molar-refractivity contribution is 0.589. The fourth-order valence-electron chi connectivity index (χ4n) is 2.30. The summed E-state index contributed by atoms with van der Waals surface area (Å²) in [6.45, 7) is 2.26. The Morgan fingerprint density at radius 2 is 1.65 bits per heavy atom. The van der Waals surface area contributed by atoms with E-state index in [9.17, 15) is 0 Å². The lowest BCUT2D eigenvalue weighted by Crippen LogP contribution is -2.14. The van der Waals surface area contributed by atoms with Crippen molar-refractivity contribution in [1.29, 1.82) is 0 Å². The molecule has 0 fully saturated rings. The van der Waals surface area contributed by atoms with E-state index in [0.29, 0.717) is 4.32 Å². The van der Waals surface area contributed by atoms with Gasteiger partial charge in [-0.25, -0.2) is 0 Å². The van der Waals surface area contributed by atoms with Gasteiger partial charge in [0.1, 0.15) is 4.32 Å². The van der Waals surface area contributed by atoms with Crippen molar-refractivity contribution in [2.24, 2.45) is 0 Å². The van der Waals surface area contributed by atoms with Crippen molar-refractivity contribution in [2.75, 3.05) is 4.31 Å². The van der Waals surface area contributed by atoms with Crippen LogP contribution < -0.4 is 4.31 Å². The van der Waals surface area contributed by atoms with Gasteiger partial charge < -0.3 is 0 Å². The standard InChI is InChI=1S/C16H25NS3/c1-2-3-4-5-6-7-8-11-14-12-9-10-13-15(14)17(20)16(18)19/h9-10,12-13,20H,2-8,11H2,1H3,(H,18,19). The number of unbranched alkanes of at least 4 members (excludes halogenated alkanes) is 6. The third-order valence-corrected chi connectivity index (χ3v) is 4.54. The molecule has 0 unspecified atom stereocenters. The summed E-state index contributed by atoms with van der Waals surface area (Å²) >= 11 is 13.7. The van der Waals surface area contributed by atoms with Crippen LogP contribution in [0.3, 0.4) is 0 Å². The van der Waals surface area contributed by atoms with E-state index in [1.165, 1.54) is 50.5 Å². The van der Waals surface area contributed by atoms with Gasteiger partial charge in [0.2, 0.25) is 0 Å². The van der Waals surface area contributed by atoms with Crippen molar-refractivity contribution in [3.05, 3.63) is 29.8 Å². The molecule has 1 aromatic carbocycles. The smallest absolute Gasteiger partial charge is 0.147 e. The normalized spacial score (nSPS) is 10.6. The Morgan fingerprint density at radius 3 is 2.30 bits per heavy atom. The summed E-state index contributed by atoms with van der Waals surface area (Å²) in [6, 6.07) is 8.29. The molecular weight excluding hydrogens is 302 g/mol. The molecule has 1 aromatic rings. The van der Waals surface area contributed by atoms with Crippen LogP contribution in [0.25, 0.3) is 0 Å². The first-order valence-electron chi connectivity index (χ1n) is 7.46. The fourth-order valence-corrected chi connectivity index (χ4v) is 2.71. The van der Waals surface area contributed by atoms with Crippen LogP contribution in [0.15, 0.2) is 24.3 Å². The zero-order chi connectivity index (χ0) is 14.8. The molecule has 0 aromatic heterocycles. The molecule has 0 spiro atoms. The molecule has 0 N–H and O–H groups in total. The molecule has 1 rings (SSSR count). The lowest BCUT2D eigenvalue weighted by Gasteiger charge is -2.18. The van der Waals surface area contributed by atoms with Crippen LogP contribution in [-0.2, 0) is 6.42 Å².